The molecular formula is C66H76Br2F10N2O6S2Zn. The first-order valence-electron chi connectivity index (χ1n) is 28.3. The van der Waals surface area contributed by atoms with Crippen molar-refractivity contribution in [2.45, 2.75) is 172 Å². The zero-order valence-electron chi connectivity index (χ0n) is 51.0. The van der Waals surface area contributed by atoms with Crippen LogP contribution in [0.2, 0.25) is 0 Å². The Kier molecular flexibility index (Phi) is 32.3. The summed E-state index contributed by atoms with van der Waals surface area (Å²) < 4.78 is 178. The van der Waals surface area contributed by atoms with E-state index in [-0.39, 0.29) is 29.8 Å². The Bertz CT molecular complexity index is 3220. The van der Waals surface area contributed by atoms with E-state index in [4.69, 9.17) is 0 Å². The van der Waals surface area contributed by atoms with Gasteiger partial charge in [-0.3, -0.25) is 0 Å². The molecule has 89 heavy (non-hydrogen) atoms. The van der Waals surface area contributed by atoms with E-state index in [9.17, 15) is 57.5 Å². The first-order valence-corrected chi connectivity index (χ1v) is 38.4. The molecule has 4 atom stereocenters. The predicted molar refractivity (Wildman–Crippen MR) is 337 cm³/mol. The van der Waals surface area contributed by atoms with Crippen LogP contribution in [0.3, 0.4) is 0 Å². The van der Waals surface area contributed by atoms with Gasteiger partial charge in [-0.2, -0.15) is 41.5 Å². The van der Waals surface area contributed by atoms with Crippen molar-refractivity contribution < 1.29 is 87.7 Å². The van der Waals surface area contributed by atoms with Crippen LogP contribution in [-0.2, 0) is 78.2 Å². The minimum absolute atomic E-state index is 0.0714. The summed E-state index contributed by atoms with van der Waals surface area (Å²) in [5, 5.41) is 0. The first-order chi connectivity index (χ1) is 41.6. The van der Waals surface area contributed by atoms with Gasteiger partial charge in [-0.05, 0) is 169 Å². The molecule has 0 aliphatic carbocycles. The summed E-state index contributed by atoms with van der Waals surface area (Å²) in [6, 6.07) is 38.0. The van der Waals surface area contributed by atoms with Gasteiger partial charge >= 0.3 is 55.0 Å². The summed E-state index contributed by atoms with van der Waals surface area (Å²) >= 11 is 7.67. The van der Waals surface area contributed by atoms with Crippen molar-refractivity contribution in [3.8, 4) is 11.5 Å². The van der Waals surface area contributed by atoms with Crippen LogP contribution in [0, 0.1) is 18.6 Å². The number of benzene rings is 6. The molecule has 0 fully saturated rings. The van der Waals surface area contributed by atoms with Gasteiger partial charge in [-0.1, -0.05) is 126 Å². The van der Waals surface area contributed by atoms with Crippen molar-refractivity contribution in [2.75, 3.05) is 0 Å². The Morgan fingerprint density at radius 1 is 0.517 bits per heavy atom. The fourth-order valence-electron chi connectivity index (χ4n) is 8.79. The molecule has 6 aromatic rings. The minimum atomic E-state index is -4.85. The predicted octanol–water partition coefficient (Wildman–Crippen LogP) is 18.5. The molecule has 2 N–H and O–H groups in total. The third kappa shape index (κ3) is 25.8. The summed E-state index contributed by atoms with van der Waals surface area (Å²) in [7, 11) is -3.48. The molecule has 0 saturated heterocycles. The van der Waals surface area contributed by atoms with Crippen LogP contribution < -0.4 is 18.9 Å². The number of rotatable bonds is 28. The van der Waals surface area contributed by atoms with Gasteiger partial charge in [-0.25, -0.2) is 26.6 Å². The quantitative estimate of drug-likeness (QED) is 0.0219. The number of nitrogens with one attached hydrogen (secondary N) is 2. The number of hydrogen-bond donors (Lipinski definition) is 2. The van der Waals surface area contributed by atoms with E-state index < -0.39 is 90.7 Å². The molecule has 0 bridgehead atoms. The Labute approximate surface area is 547 Å². The number of ketones is 2. The van der Waals surface area contributed by atoms with E-state index in [2.05, 4.69) is 55.4 Å². The van der Waals surface area contributed by atoms with Crippen LogP contribution in [0.1, 0.15) is 146 Å². The number of carbonyl (C=O) groups excluding carboxylic acids is 2. The van der Waals surface area contributed by atoms with Gasteiger partial charge in [0.15, 0.2) is 0 Å². The molecule has 0 radical (unpaired) electrons. The molecule has 0 amide bonds. The van der Waals surface area contributed by atoms with Crippen molar-refractivity contribution in [3.63, 3.8) is 0 Å². The topological polar surface area (TPSA) is 111 Å². The molecule has 484 valence electrons. The molecule has 6 aromatic carbocycles. The summed E-state index contributed by atoms with van der Waals surface area (Å²) in [6.07, 6.45) is -10.3. The van der Waals surface area contributed by atoms with Gasteiger partial charge in [0, 0.05) is 29.4 Å². The van der Waals surface area contributed by atoms with E-state index in [0.717, 1.165) is 85.9 Å². The fourth-order valence-corrected chi connectivity index (χ4v) is 11.1. The molecule has 0 aliphatic heterocycles. The Balaban J connectivity index is 0.000000408. The number of hydrogen-bond acceptors (Lipinski definition) is 6. The van der Waals surface area contributed by atoms with Crippen molar-refractivity contribution in [3.05, 3.63) is 208 Å². The summed E-state index contributed by atoms with van der Waals surface area (Å²) in [4.78, 5) is 21.6. The Hall–Kier alpha value is -4.64. The molecule has 0 spiro atoms. The van der Waals surface area contributed by atoms with Crippen LogP contribution in [0.4, 0.5) is 43.9 Å². The number of halogens is 12. The van der Waals surface area contributed by atoms with Crippen LogP contribution in [0.25, 0.3) is 0 Å². The van der Waals surface area contributed by atoms with E-state index >= 15 is 4.39 Å². The zero-order chi connectivity index (χ0) is 67.0. The molecule has 8 nitrogen and oxygen atoms in total. The Morgan fingerprint density at radius 3 is 1.27 bits per heavy atom. The molecule has 0 saturated carbocycles. The molecule has 6 rings (SSSR count). The van der Waals surface area contributed by atoms with Gasteiger partial charge in [0.05, 0.1) is 42.5 Å². The fraction of sp³-hybridized carbons (Fsp3) is 0.409. The van der Waals surface area contributed by atoms with Crippen molar-refractivity contribution in [1.82, 2.24) is 9.44 Å². The molecule has 0 aromatic heterocycles. The number of unbranched alkanes of at least 4 members (excludes halogenated alkanes) is 4. The van der Waals surface area contributed by atoms with Gasteiger partial charge in [0.25, 0.3) is 0 Å². The monoisotopic (exact) mass is 1470 g/mol. The number of alkyl halides is 8. The number of ether oxygens (including phenoxy) is 2. The average Bonchev–Trinajstić information content (AvgIpc) is 0.963. The van der Waals surface area contributed by atoms with Crippen molar-refractivity contribution in [2.24, 2.45) is 0 Å². The standard InChI is InChI=1S/C33H38F5NO3S.C26H25BrF5NO2S.C7H13O.BrH.Zn/c1-23(40)12-7-5-8-13-24-16-11-17-26(18-24)32(39-43(41)31(2,3)4,22-25-14-9-6-10-15-25)27-19-28(34)21-29(20-27)42-33(37,38)30(35)36;1-24(2,3)36(34)33-25(16-17-8-5-4-6-9-17,18-10-7-11-20(27)12-18)19-13-21(28)15-22(14-19)35-26(31,32)23(29)30;1-3-4-5-6-7(2)8;;/h6,9-11,14-21,30,39H,5,7-8,12-13,22H2,1-4H3;4-15,23,33H,16H2,1-3H3;1,3-6H2,2H3;1H;/q;;-1;;+2/p-1/t32-,43-;25-,36-;;;/m11.../s1. The number of Topliss-reactive ketones (excluding diaryl/α,β-unsaturated/α-hetero) is 2. The van der Waals surface area contributed by atoms with Crippen LogP contribution >= 0.6 is 29.6 Å². The normalized spacial score (nSPS) is 13.9. The summed E-state index contributed by atoms with van der Waals surface area (Å²) in [5.41, 5.74) is 0.838. The zero-order valence-corrected chi connectivity index (χ0v) is 58.8. The van der Waals surface area contributed by atoms with Gasteiger partial charge in [0.2, 0.25) is 0 Å². The third-order valence-electron chi connectivity index (χ3n) is 13.3. The summed E-state index contributed by atoms with van der Waals surface area (Å²) in [6.45, 7) is 17.4. The average molecular weight is 1470 g/mol. The maximum atomic E-state index is 15.1. The second-order valence-electron chi connectivity index (χ2n) is 22.9. The number of carbonyl (C=O) groups is 2. The first kappa shape index (κ1) is 78.6. The molecule has 0 aliphatic rings. The van der Waals surface area contributed by atoms with Crippen LogP contribution in [0.5, 0.6) is 11.5 Å². The van der Waals surface area contributed by atoms with Crippen LogP contribution in [-0.4, -0.2) is 54.5 Å². The molecule has 0 heterocycles. The van der Waals surface area contributed by atoms with E-state index in [0.29, 0.717) is 46.4 Å². The van der Waals surface area contributed by atoms with Crippen LogP contribution in [0.15, 0.2) is 150 Å². The van der Waals surface area contributed by atoms with Crippen molar-refractivity contribution >= 4 is 63.1 Å². The summed E-state index contributed by atoms with van der Waals surface area (Å²) in [5.74, 6) is -3.12. The van der Waals surface area contributed by atoms with Gasteiger partial charge in [0.1, 0.15) is 34.7 Å². The molecule has 23 heteroatoms. The van der Waals surface area contributed by atoms with Gasteiger partial charge in [-0.15, -0.1) is 0 Å². The molecule has 0 unspecified atom stereocenters. The van der Waals surface area contributed by atoms with E-state index in [1.165, 1.54) is 16.3 Å². The maximum absolute atomic E-state index is 15.1. The Morgan fingerprint density at radius 2 is 0.899 bits per heavy atom. The van der Waals surface area contributed by atoms with Gasteiger partial charge < -0.3 is 26.0 Å². The second-order valence-corrected chi connectivity index (χ2v) is 27.7. The SMILES string of the molecule is CC(=O)CCCCCc1cccc([C@@](Cc2ccccc2)(N[S@](=O)C(C)(C)C)c2cc(F)cc(OC(F)(F)C(F)F)c2)c1.CC(C)(C)[S@@](=O)N[C@](Cc1ccccc1)(c1cccc(Br)c1)c1cc(F)cc(OC(F)(F)C(F)F)c1.[CH2-]CCCCC(C)=O.[Zn+][Br]. The number of aryl methyl sites for hydroxylation is 1. The molecular weight excluding hydrogens is 1400 g/mol. The van der Waals surface area contributed by atoms with E-state index in [1.807, 2.05) is 66.7 Å². The van der Waals surface area contributed by atoms with E-state index in [1.54, 1.807) is 97.9 Å². The van der Waals surface area contributed by atoms with Crippen molar-refractivity contribution in [1.29, 1.82) is 0 Å². The second kappa shape index (κ2) is 36.6. The third-order valence-corrected chi connectivity index (χ3v) is 17.1.